The van der Waals surface area contributed by atoms with E-state index < -0.39 is 5.97 Å². The Labute approximate surface area is 142 Å². The van der Waals surface area contributed by atoms with Gasteiger partial charge in [0.25, 0.3) is 0 Å². The summed E-state index contributed by atoms with van der Waals surface area (Å²) in [4.78, 5) is 10.7. The average Bonchev–Trinajstić information content (AvgIpc) is 2.84. The smallest absolute Gasteiger partial charge is 0.307 e. The van der Waals surface area contributed by atoms with Crippen LogP contribution in [-0.4, -0.2) is 17.7 Å². The van der Waals surface area contributed by atoms with Crippen LogP contribution in [0, 0.1) is 0 Å². The fourth-order valence-corrected chi connectivity index (χ4v) is 2.99. The Morgan fingerprint density at radius 3 is 2.42 bits per heavy atom. The fraction of sp³-hybridized carbons (Fsp3) is 0.350. The third kappa shape index (κ3) is 3.77. The van der Waals surface area contributed by atoms with Gasteiger partial charge in [-0.25, -0.2) is 0 Å². The number of nitrogens with one attached hydrogen (secondary N) is 1. The van der Waals surface area contributed by atoms with Crippen LogP contribution in [-0.2, 0) is 29.7 Å². The van der Waals surface area contributed by atoms with Gasteiger partial charge < -0.3 is 15.2 Å². The largest absolute Gasteiger partial charge is 0.492 e. The number of carboxylic acids is 1. The van der Waals surface area contributed by atoms with E-state index >= 15 is 0 Å². The molecule has 0 atom stereocenters. The van der Waals surface area contributed by atoms with Crippen molar-refractivity contribution in [3.8, 4) is 5.75 Å². The van der Waals surface area contributed by atoms with Gasteiger partial charge >= 0.3 is 5.97 Å². The van der Waals surface area contributed by atoms with Gasteiger partial charge in [0.05, 0.1) is 13.0 Å². The third-order valence-electron chi connectivity index (χ3n) is 4.40. The van der Waals surface area contributed by atoms with Gasteiger partial charge in [0.15, 0.2) is 0 Å². The van der Waals surface area contributed by atoms with Crippen molar-refractivity contribution in [3.63, 3.8) is 0 Å². The van der Waals surface area contributed by atoms with Crippen LogP contribution in [0.1, 0.15) is 36.1 Å². The van der Waals surface area contributed by atoms with E-state index in [2.05, 4.69) is 37.4 Å². The molecule has 24 heavy (non-hydrogen) atoms. The van der Waals surface area contributed by atoms with Crippen LogP contribution in [0.2, 0.25) is 0 Å². The summed E-state index contributed by atoms with van der Waals surface area (Å²) < 4.78 is 5.79. The lowest BCUT2D eigenvalue weighted by molar-refractivity contribution is -0.136. The molecule has 4 nitrogen and oxygen atoms in total. The molecule has 0 fully saturated rings. The van der Waals surface area contributed by atoms with Crippen molar-refractivity contribution in [2.24, 2.45) is 0 Å². The van der Waals surface area contributed by atoms with E-state index in [0.717, 1.165) is 36.6 Å². The second kappa shape index (κ2) is 6.65. The molecule has 0 bridgehead atoms. The standard InChI is InChI=1S/C20H23NO3/c1-20(2)13-24-18-9-16(7-8-17(18)20)12-21-11-15-5-3-14(4-6-15)10-19(22)23/h3-9,21H,10-13H2,1-2H3,(H,22,23). The zero-order valence-corrected chi connectivity index (χ0v) is 14.1. The topological polar surface area (TPSA) is 58.6 Å². The van der Waals surface area contributed by atoms with E-state index in [0.29, 0.717) is 0 Å². The van der Waals surface area contributed by atoms with Crippen molar-refractivity contribution in [3.05, 3.63) is 64.7 Å². The maximum atomic E-state index is 10.7. The first-order chi connectivity index (χ1) is 11.4. The molecule has 0 spiro atoms. The van der Waals surface area contributed by atoms with Gasteiger partial charge in [0.1, 0.15) is 5.75 Å². The predicted molar refractivity (Wildman–Crippen MR) is 93.3 cm³/mol. The molecular weight excluding hydrogens is 302 g/mol. The van der Waals surface area contributed by atoms with E-state index in [1.165, 1.54) is 11.1 Å². The summed E-state index contributed by atoms with van der Waals surface area (Å²) in [6.07, 6.45) is 0.0686. The first-order valence-corrected chi connectivity index (χ1v) is 8.20. The number of rotatable bonds is 6. The van der Waals surface area contributed by atoms with Gasteiger partial charge in [0.2, 0.25) is 0 Å². The first-order valence-electron chi connectivity index (χ1n) is 8.20. The number of aliphatic carboxylic acids is 1. The lowest BCUT2D eigenvalue weighted by Gasteiger charge is -2.15. The monoisotopic (exact) mass is 325 g/mol. The van der Waals surface area contributed by atoms with Crippen molar-refractivity contribution in [1.29, 1.82) is 0 Å². The fourth-order valence-electron chi connectivity index (χ4n) is 2.99. The van der Waals surface area contributed by atoms with Crippen LogP contribution in [0.25, 0.3) is 0 Å². The van der Waals surface area contributed by atoms with Crippen LogP contribution in [0.15, 0.2) is 42.5 Å². The molecule has 126 valence electrons. The van der Waals surface area contributed by atoms with Crippen molar-refractivity contribution >= 4 is 5.97 Å². The van der Waals surface area contributed by atoms with E-state index in [4.69, 9.17) is 9.84 Å². The molecule has 0 saturated heterocycles. The highest BCUT2D eigenvalue weighted by Gasteiger charge is 2.31. The summed E-state index contributed by atoms with van der Waals surface area (Å²) in [6.45, 7) is 6.65. The number of carboxylic acid groups (broad SMARTS) is 1. The van der Waals surface area contributed by atoms with Crippen LogP contribution >= 0.6 is 0 Å². The van der Waals surface area contributed by atoms with Crippen LogP contribution in [0.4, 0.5) is 0 Å². The minimum Gasteiger partial charge on any atom is -0.492 e. The summed E-state index contributed by atoms with van der Waals surface area (Å²) in [5.41, 5.74) is 4.54. The molecule has 0 aliphatic carbocycles. The van der Waals surface area contributed by atoms with Gasteiger partial charge in [-0.15, -0.1) is 0 Å². The molecule has 0 saturated carbocycles. The summed E-state index contributed by atoms with van der Waals surface area (Å²) in [5.74, 6) is 0.195. The zero-order chi connectivity index (χ0) is 17.2. The van der Waals surface area contributed by atoms with Crippen LogP contribution < -0.4 is 10.1 Å². The molecule has 1 aliphatic rings. The molecule has 1 heterocycles. The Bertz CT molecular complexity index is 735. The van der Waals surface area contributed by atoms with E-state index in [1.54, 1.807) is 0 Å². The SMILES string of the molecule is CC1(C)COc2cc(CNCc3ccc(CC(=O)O)cc3)ccc21. The van der Waals surface area contributed by atoms with Gasteiger partial charge in [-0.3, -0.25) is 4.79 Å². The van der Waals surface area contributed by atoms with Gasteiger partial charge in [-0.2, -0.15) is 0 Å². The molecule has 1 aliphatic heterocycles. The summed E-state index contributed by atoms with van der Waals surface area (Å²) >= 11 is 0. The highest BCUT2D eigenvalue weighted by molar-refractivity contribution is 5.70. The number of fused-ring (bicyclic) bond motifs is 1. The maximum absolute atomic E-state index is 10.7. The predicted octanol–water partition coefficient (Wildman–Crippen LogP) is 3.27. The maximum Gasteiger partial charge on any atom is 0.307 e. The zero-order valence-electron chi connectivity index (χ0n) is 14.1. The molecule has 0 amide bonds. The normalized spacial score (nSPS) is 14.9. The van der Waals surface area contributed by atoms with E-state index in [-0.39, 0.29) is 11.8 Å². The summed E-state index contributed by atoms with van der Waals surface area (Å²) in [7, 11) is 0. The van der Waals surface area contributed by atoms with Crippen LogP contribution in [0.3, 0.4) is 0 Å². The molecule has 0 radical (unpaired) electrons. The van der Waals surface area contributed by atoms with Crippen molar-refractivity contribution in [2.75, 3.05) is 6.61 Å². The summed E-state index contributed by atoms with van der Waals surface area (Å²) in [5, 5.41) is 12.2. The average molecular weight is 325 g/mol. The highest BCUT2D eigenvalue weighted by Crippen LogP contribution is 2.38. The third-order valence-corrected chi connectivity index (χ3v) is 4.40. The Balaban J connectivity index is 1.54. The Kier molecular flexibility index (Phi) is 4.58. The van der Waals surface area contributed by atoms with Gasteiger partial charge in [-0.1, -0.05) is 50.2 Å². The first kappa shape index (κ1) is 16.5. The Hall–Kier alpha value is -2.33. The van der Waals surface area contributed by atoms with Crippen molar-refractivity contribution in [1.82, 2.24) is 5.32 Å². The second-order valence-corrected chi connectivity index (χ2v) is 6.99. The number of hydrogen-bond acceptors (Lipinski definition) is 3. The number of carbonyl (C=O) groups is 1. The van der Waals surface area contributed by atoms with Gasteiger partial charge in [0, 0.05) is 24.1 Å². The van der Waals surface area contributed by atoms with E-state index in [9.17, 15) is 4.79 Å². The van der Waals surface area contributed by atoms with E-state index in [1.807, 2.05) is 24.3 Å². The lowest BCUT2D eigenvalue weighted by Crippen LogP contribution is -2.18. The molecule has 0 unspecified atom stereocenters. The molecule has 2 aromatic carbocycles. The number of benzene rings is 2. The Morgan fingerprint density at radius 2 is 1.71 bits per heavy atom. The molecule has 2 aromatic rings. The minimum atomic E-state index is -0.803. The van der Waals surface area contributed by atoms with Gasteiger partial charge in [-0.05, 0) is 22.8 Å². The molecule has 2 N–H and O–H groups in total. The quantitative estimate of drug-likeness (QED) is 0.856. The van der Waals surface area contributed by atoms with Crippen LogP contribution in [0.5, 0.6) is 5.75 Å². The van der Waals surface area contributed by atoms with Crippen molar-refractivity contribution < 1.29 is 14.6 Å². The lowest BCUT2D eigenvalue weighted by atomic mass is 9.86. The molecule has 4 heteroatoms. The Morgan fingerprint density at radius 1 is 1.08 bits per heavy atom. The molecule has 0 aromatic heterocycles. The van der Waals surface area contributed by atoms with Crippen molar-refractivity contribution in [2.45, 2.75) is 38.8 Å². The summed E-state index contributed by atoms with van der Waals surface area (Å²) in [6, 6.07) is 14.1. The number of hydrogen-bond donors (Lipinski definition) is 2. The number of ether oxygens (including phenoxy) is 1. The molecule has 3 rings (SSSR count). The highest BCUT2D eigenvalue weighted by atomic mass is 16.5. The molecular formula is C20H23NO3. The minimum absolute atomic E-state index is 0.0686. The second-order valence-electron chi connectivity index (χ2n) is 6.99.